The Balaban J connectivity index is 1.44. The van der Waals surface area contributed by atoms with Crippen molar-refractivity contribution in [3.8, 4) is 23.4 Å². The highest BCUT2D eigenvalue weighted by Crippen LogP contribution is 2.22. The summed E-state index contributed by atoms with van der Waals surface area (Å²) < 4.78 is 90.6. The van der Waals surface area contributed by atoms with Crippen LogP contribution in [0.15, 0.2) is 53.3 Å². The fourth-order valence-corrected chi connectivity index (χ4v) is 3.79. The molecule has 39 heavy (non-hydrogen) atoms. The van der Waals surface area contributed by atoms with Gasteiger partial charge in [-0.1, -0.05) is 5.92 Å². The van der Waals surface area contributed by atoms with Gasteiger partial charge in [-0.15, -0.1) is 5.10 Å². The molecule has 2 aromatic carbocycles. The lowest BCUT2D eigenvalue weighted by Crippen LogP contribution is -2.26. The lowest BCUT2D eigenvalue weighted by molar-refractivity contribution is 0.271. The van der Waals surface area contributed by atoms with Gasteiger partial charge in [0.1, 0.15) is 40.6 Å². The van der Waals surface area contributed by atoms with Crippen LogP contribution in [-0.4, -0.2) is 31.0 Å². The highest BCUT2D eigenvalue weighted by atomic mass is 19.2. The molecule has 0 saturated heterocycles. The van der Waals surface area contributed by atoms with Gasteiger partial charge in [-0.05, 0) is 18.1 Å². The number of nitrogens with two attached hydrogens (primary N) is 1. The van der Waals surface area contributed by atoms with E-state index in [1.54, 1.807) is 12.1 Å². The van der Waals surface area contributed by atoms with E-state index in [1.807, 2.05) is 0 Å². The van der Waals surface area contributed by atoms with Gasteiger partial charge in [0.05, 0.1) is 19.0 Å². The first-order chi connectivity index (χ1) is 18.7. The van der Waals surface area contributed by atoms with E-state index < -0.39 is 59.1 Å². The van der Waals surface area contributed by atoms with Crippen LogP contribution in [0.4, 0.5) is 32.2 Å². The van der Waals surface area contributed by atoms with Gasteiger partial charge < -0.3 is 10.2 Å². The zero-order valence-electron chi connectivity index (χ0n) is 19.7. The molecule has 5 rings (SSSR count). The maximum Gasteiger partial charge on any atom is 0.218 e. The molecule has 2 N–H and O–H groups in total. The van der Waals surface area contributed by atoms with Gasteiger partial charge in [-0.2, -0.15) is 0 Å². The number of halogens is 6. The van der Waals surface area contributed by atoms with Gasteiger partial charge >= 0.3 is 0 Å². The SMILES string of the molecule is Nc1nc(C#CCN(Cc2c(F)cc(F)cc2F)Cc2c(F)cc(F)cc2F)cn2nc(-c3ccco3)nc12. The zero-order valence-corrected chi connectivity index (χ0v) is 19.7. The van der Waals surface area contributed by atoms with Crippen molar-refractivity contribution in [3.63, 3.8) is 0 Å². The Kier molecular flexibility index (Phi) is 6.95. The number of furan rings is 1. The zero-order chi connectivity index (χ0) is 27.7. The van der Waals surface area contributed by atoms with Crippen molar-refractivity contribution in [3.05, 3.63) is 101 Å². The monoisotopic (exact) mass is 542 g/mol. The summed E-state index contributed by atoms with van der Waals surface area (Å²) in [6, 6.07) is 5.26. The van der Waals surface area contributed by atoms with Crippen molar-refractivity contribution in [2.45, 2.75) is 13.1 Å². The van der Waals surface area contributed by atoms with Gasteiger partial charge in [0.2, 0.25) is 5.82 Å². The third kappa shape index (κ3) is 5.55. The summed E-state index contributed by atoms with van der Waals surface area (Å²) in [5.41, 5.74) is 5.29. The number of aromatic nitrogens is 4. The molecule has 0 atom stereocenters. The fraction of sp³-hybridized carbons (Fsp3) is 0.115. The Bertz CT molecular complexity index is 1640. The Morgan fingerprint density at radius 3 is 2.00 bits per heavy atom. The van der Waals surface area contributed by atoms with Gasteiger partial charge in [-0.3, -0.25) is 4.90 Å². The average Bonchev–Trinajstić information content (AvgIpc) is 3.53. The fourth-order valence-electron chi connectivity index (χ4n) is 3.79. The summed E-state index contributed by atoms with van der Waals surface area (Å²) in [5.74, 6) is -0.923. The Labute approximate surface area is 216 Å². The molecule has 0 aliphatic heterocycles. The van der Waals surface area contributed by atoms with Crippen LogP contribution in [0.5, 0.6) is 0 Å². The lowest BCUT2D eigenvalue weighted by atomic mass is 10.1. The maximum absolute atomic E-state index is 14.3. The van der Waals surface area contributed by atoms with Crippen LogP contribution in [0.3, 0.4) is 0 Å². The van der Waals surface area contributed by atoms with E-state index in [9.17, 15) is 26.3 Å². The molecule has 198 valence electrons. The van der Waals surface area contributed by atoms with Gasteiger partial charge in [0.15, 0.2) is 17.2 Å². The molecule has 13 heteroatoms. The minimum Gasteiger partial charge on any atom is -0.461 e. The minimum absolute atomic E-state index is 0.00914. The number of rotatable bonds is 6. The quantitative estimate of drug-likeness (QED) is 0.244. The van der Waals surface area contributed by atoms with Gasteiger partial charge in [0.25, 0.3) is 0 Å². The summed E-state index contributed by atoms with van der Waals surface area (Å²) in [7, 11) is 0. The van der Waals surface area contributed by atoms with Crippen LogP contribution < -0.4 is 5.73 Å². The molecular weight excluding hydrogens is 526 g/mol. The molecule has 0 saturated carbocycles. The number of nitrogens with zero attached hydrogens (tertiary/aromatic N) is 5. The Morgan fingerprint density at radius 2 is 1.46 bits per heavy atom. The lowest BCUT2D eigenvalue weighted by Gasteiger charge is -2.21. The number of benzene rings is 2. The number of fused-ring (bicyclic) bond motifs is 1. The van der Waals surface area contributed by atoms with Crippen molar-refractivity contribution < 1.29 is 30.8 Å². The predicted molar refractivity (Wildman–Crippen MR) is 127 cm³/mol. The second kappa shape index (κ2) is 10.5. The van der Waals surface area contributed by atoms with E-state index in [2.05, 4.69) is 26.9 Å². The Hall–Kier alpha value is -4.83. The minimum atomic E-state index is -1.19. The van der Waals surface area contributed by atoms with Crippen molar-refractivity contribution in [2.75, 3.05) is 12.3 Å². The molecule has 0 radical (unpaired) electrons. The van der Waals surface area contributed by atoms with E-state index in [-0.39, 0.29) is 29.5 Å². The van der Waals surface area contributed by atoms with Crippen molar-refractivity contribution in [2.24, 2.45) is 0 Å². The summed E-state index contributed by atoms with van der Waals surface area (Å²) in [6.07, 6.45) is 2.89. The first kappa shape index (κ1) is 25.8. The molecule has 0 aliphatic carbocycles. The first-order valence-corrected chi connectivity index (χ1v) is 11.2. The van der Waals surface area contributed by atoms with E-state index in [0.29, 0.717) is 30.0 Å². The number of anilines is 1. The molecule has 0 bridgehead atoms. The van der Waals surface area contributed by atoms with Crippen LogP contribution in [-0.2, 0) is 13.1 Å². The van der Waals surface area contributed by atoms with Crippen LogP contribution in [0.25, 0.3) is 17.2 Å². The molecule has 7 nitrogen and oxygen atoms in total. The maximum atomic E-state index is 14.3. The van der Waals surface area contributed by atoms with E-state index in [4.69, 9.17) is 10.2 Å². The molecule has 3 heterocycles. The molecule has 5 aromatic rings. The second-order valence-electron chi connectivity index (χ2n) is 8.34. The molecule has 0 fully saturated rings. The third-order valence-electron chi connectivity index (χ3n) is 5.58. The summed E-state index contributed by atoms with van der Waals surface area (Å²) in [6.45, 7) is -1.35. The topological polar surface area (TPSA) is 85.5 Å². The normalized spacial score (nSPS) is 11.3. The van der Waals surface area contributed by atoms with Crippen LogP contribution in [0.1, 0.15) is 16.8 Å². The molecular formula is C26H16F6N6O. The molecule has 0 amide bonds. The third-order valence-corrected chi connectivity index (χ3v) is 5.58. The van der Waals surface area contributed by atoms with Gasteiger partial charge in [0, 0.05) is 48.5 Å². The molecule has 0 spiro atoms. The van der Waals surface area contributed by atoms with Crippen LogP contribution in [0.2, 0.25) is 0 Å². The van der Waals surface area contributed by atoms with Crippen LogP contribution in [0, 0.1) is 46.7 Å². The van der Waals surface area contributed by atoms with Crippen molar-refractivity contribution in [1.82, 2.24) is 24.5 Å². The highest BCUT2D eigenvalue weighted by molar-refractivity contribution is 5.63. The second-order valence-corrected chi connectivity index (χ2v) is 8.34. The van der Waals surface area contributed by atoms with E-state index in [0.717, 1.165) is 0 Å². The standard InChI is InChI=1S/C26H16F6N6O/c27-14-7-19(29)17(20(30)8-14)12-37(13-18-21(31)9-15(28)10-22(18)32)5-1-3-16-11-38-26(24(33)34-16)35-25(36-38)23-4-2-6-39-23/h2,4,6-11H,5,12-13H2,(H2,33,34). The summed E-state index contributed by atoms with van der Waals surface area (Å²) in [4.78, 5) is 9.60. The summed E-state index contributed by atoms with van der Waals surface area (Å²) in [5, 5.41) is 4.27. The number of hydrogen-bond acceptors (Lipinski definition) is 6. The molecule has 0 unspecified atom stereocenters. The molecule has 3 aromatic heterocycles. The van der Waals surface area contributed by atoms with Crippen molar-refractivity contribution in [1.29, 1.82) is 0 Å². The number of hydrogen-bond donors (Lipinski definition) is 1. The Morgan fingerprint density at radius 1 is 0.872 bits per heavy atom. The van der Waals surface area contributed by atoms with E-state index >= 15 is 0 Å². The van der Waals surface area contributed by atoms with Crippen molar-refractivity contribution >= 4 is 11.5 Å². The van der Waals surface area contributed by atoms with E-state index in [1.165, 1.54) is 21.9 Å². The van der Waals surface area contributed by atoms with Gasteiger partial charge in [-0.25, -0.2) is 40.8 Å². The predicted octanol–water partition coefficient (Wildman–Crippen LogP) is 4.86. The van der Waals surface area contributed by atoms with Crippen LogP contribution >= 0.6 is 0 Å². The largest absolute Gasteiger partial charge is 0.461 e. The average molecular weight is 542 g/mol. The summed E-state index contributed by atoms with van der Waals surface area (Å²) >= 11 is 0. The highest BCUT2D eigenvalue weighted by Gasteiger charge is 2.19. The molecule has 0 aliphatic rings. The first-order valence-electron chi connectivity index (χ1n) is 11.2. The smallest absolute Gasteiger partial charge is 0.218 e. The number of nitrogen functional groups attached to an aromatic ring is 1.